The number of halogens is 1. The second kappa shape index (κ2) is 4.70. The zero-order valence-corrected chi connectivity index (χ0v) is 9.13. The Balaban J connectivity index is 2.29. The van der Waals surface area contributed by atoms with Gasteiger partial charge in [-0.2, -0.15) is 4.98 Å². The Morgan fingerprint density at radius 1 is 1.28 bits per heavy atom. The normalized spacial score (nSPS) is 10.1. The molecule has 0 saturated carbocycles. The zero-order valence-electron chi connectivity index (χ0n) is 9.13. The van der Waals surface area contributed by atoms with Gasteiger partial charge in [-0.25, -0.2) is 9.18 Å². The molecule has 0 radical (unpaired) electrons. The number of benzene rings is 1. The van der Waals surface area contributed by atoms with Gasteiger partial charge in [0, 0.05) is 6.07 Å². The molecule has 0 unspecified atom stereocenters. The largest absolute Gasteiger partial charge is 0.478 e. The van der Waals surface area contributed by atoms with Gasteiger partial charge < -0.3 is 15.6 Å². The smallest absolute Gasteiger partial charge is 0.339 e. The molecule has 0 atom stereocenters. The van der Waals surface area contributed by atoms with Gasteiger partial charge in [0.25, 0.3) is 0 Å². The number of carbonyl (C=O) groups is 1. The Kier molecular flexibility index (Phi) is 3.09. The summed E-state index contributed by atoms with van der Waals surface area (Å²) in [4.78, 5) is 14.5. The summed E-state index contributed by atoms with van der Waals surface area (Å²) < 4.78 is 18.5. The van der Waals surface area contributed by atoms with Crippen LogP contribution in [0.4, 0.5) is 10.2 Å². The molecule has 92 valence electrons. The number of hydrogen-bond acceptors (Lipinski definition) is 4. The van der Waals surface area contributed by atoms with E-state index in [0.717, 1.165) is 0 Å². The van der Waals surface area contributed by atoms with Crippen molar-refractivity contribution in [1.29, 1.82) is 0 Å². The zero-order chi connectivity index (χ0) is 13.1. The van der Waals surface area contributed by atoms with Crippen LogP contribution >= 0.6 is 0 Å². The van der Waals surface area contributed by atoms with E-state index in [1.54, 1.807) is 6.07 Å². The Morgan fingerprint density at radius 2 is 2.00 bits per heavy atom. The molecule has 5 nitrogen and oxygen atoms in total. The summed E-state index contributed by atoms with van der Waals surface area (Å²) in [6.07, 6.45) is 0. The number of nitrogens with zero attached hydrogens (tertiary/aromatic N) is 1. The van der Waals surface area contributed by atoms with Crippen LogP contribution in [-0.4, -0.2) is 16.1 Å². The summed E-state index contributed by atoms with van der Waals surface area (Å²) >= 11 is 0. The molecule has 2 rings (SSSR count). The van der Waals surface area contributed by atoms with E-state index in [9.17, 15) is 9.18 Å². The van der Waals surface area contributed by atoms with Crippen LogP contribution in [0.1, 0.15) is 10.4 Å². The standard InChI is InChI=1S/C12H9FN2O3/c13-8-3-1-2-4-9(8)18-10-6-5-7(12(16)17)11(14)15-10/h1-6H,(H2,14,15)(H,16,17). The molecule has 0 saturated heterocycles. The molecule has 1 aromatic carbocycles. The van der Waals surface area contributed by atoms with Gasteiger partial charge in [-0.1, -0.05) is 12.1 Å². The first kappa shape index (κ1) is 11.8. The lowest BCUT2D eigenvalue weighted by atomic mass is 10.2. The SMILES string of the molecule is Nc1nc(Oc2ccccc2F)ccc1C(=O)O. The van der Waals surface area contributed by atoms with E-state index in [4.69, 9.17) is 15.6 Å². The lowest BCUT2D eigenvalue weighted by molar-refractivity contribution is 0.0697. The Hall–Kier alpha value is -2.63. The van der Waals surface area contributed by atoms with E-state index in [-0.39, 0.29) is 23.0 Å². The molecule has 18 heavy (non-hydrogen) atoms. The van der Waals surface area contributed by atoms with Gasteiger partial charge in [0.1, 0.15) is 11.4 Å². The quantitative estimate of drug-likeness (QED) is 0.870. The maximum absolute atomic E-state index is 13.3. The molecule has 0 fully saturated rings. The van der Waals surface area contributed by atoms with Crippen molar-refractivity contribution in [2.45, 2.75) is 0 Å². The molecular weight excluding hydrogens is 239 g/mol. The van der Waals surface area contributed by atoms with Crippen molar-refractivity contribution in [3.8, 4) is 11.6 Å². The summed E-state index contributed by atoms with van der Waals surface area (Å²) in [5.74, 6) is -1.89. The Morgan fingerprint density at radius 3 is 2.61 bits per heavy atom. The first-order chi connectivity index (χ1) is 8.58. The Bertz CT molecular complexity index is 602. The predicted octanol–water partition coefficient (Wildman–Crippen LogP) is 2.29. The van der Waals surface area contributed by atoms with E-state index >= 15 is 0 Å². The number of pyridine rings is 1. The number of carboxylic acid groups (broad SMARTS) is 1. The van der Waals surface area contributed by atoms with Gasteiger partial charge in [-0.15, -0.1) is 0 Å². The summed E-state index contributed by atoms with van der Waals surface area (Å²) in [6.45, 7) is 0. The van der Waals surface area contributed by atoms with Gasteiger partial charge in [0.15, 0.2) is 11.6 Å². The van der Waals surface area contributed by atoms with Crippen molar-refractivity contribution in [2.75, 3.05) is 5.73 Å². The van der Waals surface area contributed by atoms with Gasteiger partial charge in [0.05, 0.1) is 0 Å². The van der Waals surface area contributed by atoms with Crippen LogP contribution < -0.4 is 10.5 Å². The summed E-state index contributed by atoms with van der Waals surface area (Å²) in [5, 5.41) is 8.77. The van der Waals surface area contributed by atoms with E-state index in [1.807, 2.05) is 0 Å². The molecule has 0 aliphatic rings. The molecule has 3 N–H and O–H groups in total. The van der Waals surface area contributed by atoms with Crippen LogP contribution in [0.25, 0.3) is 0 Å². The number of nitrogens with two attached hydrogens (primary N) is 1. The minimum absolute atomic E-state index is 0.00697. The Labute approximate surface area is 102 Å². The maximum atomic E-state index is 13.3. The second-order valence-electron chi connectivity index (χ2n) is 3.42. The molecule has 2 aromatic rings. The van der Waals surface area contributed by atoms with Crippen molar-refractivity contribution in [2.24, 2.45) is 0 Å². The number of nitrogen functional groups attached to an aromatic ring is 1. The molecule has 6 heteroatoms. The van der Waals surface area contributed by atoms with E-state index in [2.05, 4.69) is 4.98 Å². The molecular formula is C12H9FN2O3. The summed E-state index contributed by atoms with van der Waals surface area (Å²) in [6, 6.07) is 8.36. The van der Waals surface area contributed by atoms with Gasteiger partial charge in [-0.3, -0.25) is 0 Å². The van der Waals surface area contributed by atoms with Gasteiger partial charge >= 0.3 is 5.97 Å². The summed E-state index contributed by atoms with van der Waals surface area (Å²) in [5.41, 5.74) is 5.32. The van der Waals surface area contributed by atoms with Crippen LogP contribution in [0.15, 0.2) is 36.4 Å². The average Bonchev–Trinajstić information content (AvgIpc) is 2.32. The number of hydrogen-bond donors (Lipinski definition) is 2. The van der Waals surface area contributed by atoms with Crippen molar-refractivity contribution in [3.63, 3.8) is 0 Å². The van der Waals surface area contributed by atoms with Crippen LogP contribution in [0.5, 0.6) is 11.6 Å². The maximum Gasteiger partial charge on any atom is 0.339 e. The lowest BCUT2D eigenvalue weighted by Crippen LogP contribution is -2.05. The fraction of sp³-hybridized carbons (Fsp3) is 0. The molecule has 0 aliphatic carbocycles. The van der Waals surface area contributed by atoms with Crippen molar-refractivity contribution >= 4 is 11.8 Å². The second-order valence-corrected chi connectivity index (χ2v) is 3.42. The van der Waals surface area contributed by atoms with Crippen LogP contribution in [0, 0.1) is 5.82 Å². The third-order valence-corrected chi connectivity index (χ3v) is 2.18. The van der Waals surface area contributed by atoms with Crippen molar-refractivity contribution in [1.82, 2.24) is 4.98 Å². The highest BCUT2D eigenvalue weighted by Gasteiger charge is 2.11. The molecule has 0 spiro atoms. The minimum atomic E-state index is -1.18. The molecule has 0 bridgehead atoms. The van der Waals surface area contributed by atoms with E-state index < -0.39 is 11.8 Å². The lowest BCUT2D eigenvalue weighted by Gasteiger charge is -2.07. The third-order valence-electron chi connectivity index (χ3n) is 2.18. The highest BCUT2D eigenvalue weighted by atomic mass is 19.1. The first-order valence-electron chi connectivity index (χ1n) is 5.00. The molecule has 0 amide bonds. The minimum Gasteiger partial charge on any atom is -0.478 e. The summed E-state index contributed by atoms with van der Waals surface area (Å²) in [7, 11) is 0. The number of para-hydroxylation sites is 1. The number of rotatable bonds is 3. The molecule has 1 heterocycles. The number of aromatic nitrogens is 1. The van der Waals surface area contributed by atoms with E-state index in [1.165, 1.54) is 30.3 Å². The number of carboxylic acids is 1. The first-order valence-corrected chi connectivity index (χ1v) is 5.00. The topological polar surface area (TPSA) is 85.4 Å². The number of anilines is 1. The van der Waals surface area contributed by atoms with Gasteiger partial charge in [0.2, 0.25) is 5.88 Å². The fourth-order valence-corrected chi connectivity index (χ4v) is 1.33. The number of aromatic carboxylic acids is 1. The van der Waals surface area contributed by atoms with Crippen LogP contribution in [0.2, 0.25) is 0 Å². The highest BCUT2D eigenvalue weighted by Crippen LogP contribution is 2.24. The average molecular weight is 248 g/mol. The monoisotopic (exact) mass is 248 g/mol. The van der Waals surface area contributed by atoms with Crippen molar-refractivity contribution in [3.05, 3.63) is 47.8 Å². The fourth-order valence-electron chi connectivity index (χ4n) is 1.33. The van der Waals surface area contributed by atoms with Crippen molar-refractivity contribution < 1.29 is 19.0 Å². The predicted molar refractivity (Wildman–Crippen MR) is 62.1 cm³/mol. The van der Waals surface area contributed by atoms with Crippen LogP contribution in [-0.2, 0) is 0 Å². The molecule has 1 aromatic heterocycles. The van der Waals surface area contributed by atoms with E-state index in [0.29, 0.717) is 0 Å². The van der Waals surface area contributed by atoms with Crippen LogP contribution in [0.3, 0.4) is 0 Å². The third kappa shape index (κ3) is 2.37. The van der Waals surface area contributed by atoms with Gasteiger partial charge in [-0.05, 0) is 18.2 Å². The highest BCUT2D eigenvalue weighted by molar-refractivity contribution is 5.92. The number of ether oxygens (including phenoxy) is 1. The molecule has 0 aliphatic heterocycles.